The quantitative estimate of drug-likeness (QED) is 0.642. The monoisotopic (exact) mass is 410 g/mol. The lowest BCUT2D eigenvalue weighted by molar-refractivity contribution is -0.156. The van der Waals surface area contributed by atoms with Gasteiger partial charge in [0, 0.05) is 25.2 Å². The molecule has 2 aromatic carbocycles. The number of ether oxygens (including phenoxy) is 2. The Kier molecular flexibility index (Phi) is 7.43. The Bertz CT molecular complexity index is 867. The van der Waals surface area contributed by atoms with Crippen molar-refractivity contribution < 1.29 is 23.9 Å². The van der Waals surface area contributed by atoms with Crippen LogP contribution in [0.1, 0.15) is 25.3 Å². The van der Waals surface area contributed by atoms with Crippen LogP contribution in [-0.2, 0) is 25.5 Å². The summed E-state index contributed by atoms with van der Waals surface area (Å²) in [5, 5.41) is 2.76. The van der Waals surface area contributed by atoms with Crippen LogP contribution in [0, 0.1) is 0 Å². The molecule has 1 heterocycles. The first-order valence-corrected chi connectivity index (χ1v) is 10.1. The predicted molar refractivity (Wildman–Crippen MR) is 112 cm³/mol. The first-order chi connectivity index (χ1) is 14.5. The summed E-state index contributed by atoms with van der Waals surface area (Å²) in [5.74, 6) is -0.371. The largest absolute Gasteiger partial charge is 0.482 e. The van der Waals surface area contributed by atoms with Crippen molar-refractivity contribution in [3.63, 3.8) is 0 Å². The predicted octanol–water partition coefficient (Wildman–Crippen LogP) is 2.48. The number of hydrogen-bond donors (Lipinski definition) is 1. The number of carbonyl (C=O) groups is 3. The molecule has 1 N–H and O–H groups in total. The van der Waals surface area contributed by atoms with Gasteiger partial charge in [0.25, 0.3) is 5.91 Å². The minimum absolute atomic E-state index is 0.114. The Hall–Kier alpha value is -3.35. The third-order valence-corrected chi connectivity index (χ3v) is 4.81. The second-order valence-electron chi connectivity index (χ2n) is 7.09. The van der Waals surface area contributed by atoms with Gasteiger partial charge in [0.15, 0.2) is 12.7 Å². The molecule has 2 amide bonds. The van der Waals surface area contributed by atoms with Crippen LogP contribution >= 0.6 is 0 Å². The van der Waals surface area contributed by atoms with Crippen LogP contribution in [0.5, 0.6) is 5.75 Å². The van der Waals surface area contributed by atoms with Crippen molar-refractivity contribution in [2.24, 2.45) is 0 Å². The molecule has 0 aliphatic carbocycles. The maximum atomic E-state index is 12.1. The molecule has 30 heavy (non-hydrogen) atoms. The highest BCUT2D eigenvalue weighted by Gasteiger charge is 2.21. The van der Waals surface area contributed by atoms with Gasteiger partial charge < -0.3 is 19.7 Å². The number of esters is 1. The molecule has 2 aromatic rings. The lowest BCUT2D eigenvalue weighted by Gasteiger charge is -2.16. The van der Waals surface area contributed by atoms with Gasteiger partial charge in [-0.3, -0.25) is 9.59 Å². The Morgan fingerprint density at radius 1 is 1.10 bits per heavy atom. The maximum absolute atomic E-state index is 12.1. The summed E-state index contributed by atoms with van der Waals surface area (Å²) in [6.07, 6.45) is 1.23. The van der Waals surface area contributed by atoms with Gasteiger partial charge in [-0.15, -0.1) is 0 Å². The molecule has 0 bridgehead atoms. The van der Waals surface area contributed by atoms with E-state index >= 15 is 0 Å². The minimum Gasteiger partial charge on any atom is -0.482 e. The van der Waals surface area contributed by atoms with E-state index in [9.17, 15) is 14.4 Å². The molecule has 7 heteroatoms. The highest BCUT2D eigenvalue weighted by molar-refractivity contribution is 5.95. The number of nitrogens with zero attached hydrogens (tertiary/aromatic N) is 1. The number of nitrogens with one attached hydrogen (secondary N) is 1. The zero-order chi connectivity index (χ0) is 21.3. The summed E-state index contributed by atoms with van der Waals surface area (Å²) < 4.78 is 10.5. The van der Waals surface area contributed by atoms with Gasteiger partial charge in [-0.1, -0.05) is 30.3 Å². The first kappa shape index (κ1) is 21.4. The normalized spacial score (nSPS) is 14.3. The van der Waals surface area contributed by atoms with Gasteiger partial charge in [0.05, 0.1) is 0 Å². The van der Waals surface area contributed by atoms with E-state index in [0.29, 0.717) is 25.1 Å². The van der Waals surface area contributed by atoms with Crippen LogP contribution in [-0.4, -0.2) is 43.6 Å². The zero-order valence-electron chi connectivity index (χ0n) is 17.0. The number of carbonyl (C=O) groups excluding carboxylic acids is 3. The van der Waals surface area contributed by atoms with Crippen molar-refractivity contribution in [1.29, 1.82) is 0 Å². The smallest absolute Gasteiger partial charge is 0.344 e. The topological polar surface area (TPSA) is 84.9 Å². The van der Waals surface area contributed by atoms with Gasteiger partial charge in [-0.2, -0.15) is 0 Å². The highest BCUT2D eigenvalue weighted by Crippen LogP contribution is 2.23. The Morgan fingerprint density at radius 2 is 1.83 bits per heavy atom. The third-order valence-electron chi connectivity index (χ3n) is 4.81. The molecule has 3 rings (SSSR count). The lowest BCUT2D eigenvalue weighted by atomic mass is 10.1. The Morgan fingerprint density at radius 3 is 2.50 bits per heavy atom. The van der Waals surface area contributed by atoms with Crippen LogP contribution in [0.2, 0.25) is 0 Å². The van der Waals surface area contributed by atoms with E-state index < -0.39 is 12.1 Å². The van der Waals surface area contributed by atoms with E-state index in [1.54, 1.807) is 29.2 Å². The molecular weight excluding hydrogens is 384 g/mol. The van der Waals surface area contributed by atoms with Gasteiger partial charge >= 0.3 is 5.97 Å². The standard InChI is InChI=1S/C23H26N2O5/c1-17(23(28)24-14-13-18-6-3-2-4-7-18)30-22(27)16-29-20-11-9-19(10-12-20)25-15-5-8-21(25)26/h2-4,6-7,9-12,17H,5,8,13-16H2,1H3,(H,24,28). The van der Waals surface area contributed by atoms with Gasteiger partial charge in [0.1, 0.15) is 5.75 Å². The molecule has 7 nitrogen and oxygen atoms in total. The summed E-state index contributed by atoms with van der Waals surface area (Å²) in [6.45, 7) is 2.41. The van der Waals surface area contributed by atoms with Gasteiger partial charge in [-0.05, 0) is 49.6 Å². The summed E-state index contributed by atoms with van der Waals surface area (Å²) in [4.78, 5) is 37.5. The van der Waals surface area contributed by atoms with Crippen molar-refractivity contribution >= 4 is 23.5 Å². The molecule has 0 aromatic heterocycles. The van der Waals surface area contributed by atoms with Crippen LogP contribution in [0.3, 0.4) is 0 Å². The van der Waals surface area contributed by atoms with E-state index in [4.69, 9.17) is 9.47 Å². The summed E-state index contributed by atoms with van der Waals surface area (Å²) in [5.41, 5.74) is 1.93. The van der Waals surface area contributed by atoms with E-state index in [2.05, 4.69) is 5.32 Å². The van der Waals surface area contributed by atoms with Crippen LogP contribution in [0.15, 0.2) is 54.6 Å². The van der Waals surface area contributed by atoms with Crippen molar-refractivity contribution in [3.05, 3.63) is 60.2 Å². The molecular formula is C23H26N2O5. The molecule has 1 aliphatic heterocycles. The lowest BCUT2D eigenvalue weighted by Crippen LogP contribution is -2.37. The number of rotatable bonds is 9. The fourth-order valence-electron chi connectivity index (χ4n) is 3.19. The molecule has 1 unspecified atom stereocenters. The molecule has 1 fully saturated rings. The van der Waals surface area contributed by atoms with Crippen LogP contribution < -0.4 is 15.0 Å². The minimum atomic E-state index is -0.902. The number of hydrogen-bond acceptors (Lipinski definition) is 5. The molecule has 1 atom stereocenters. The Labute approximate surface area is 176 Å². The third kappa shape index (κ3) is 6.07. The van der Waals surface area contributed by atoms with E-state index in [1.807, 2.05) is 30.3 Å². The average Bonchev–Trinajstić information content (AvgIpc) is 3.19. The first-order valence-electron chi connectivity index (χ1n) is 10.1. The molecule has 1 saturated heterocycles. The van der Waals surface area contributed by atoms with Crippen molar-refractivity contribution in [3.8, 4) is 5.75 Å². The summed E-state index contributed by atoms with van der Waals surface area (Å²) >= 11 is 0. The number of benzene rings is 2. The molecule has 0 radical (unpaired) electrons. The molecule has 1 aliphatic rings. The summed E-state index contributed by atoms with van der Waals surface area (Å²) in [6, 6.07) is 16.8. The number of amides is 2. The van der Waals surface area contributed by atoms with Gasteiger partial charge in [-0.25, -0.2) is 4.79 Å². The van der Waals surface area contributed by atoms with E-state index in [1.165, 1.54) is 6.92 Å². The second-order valence-corrected chi connectivity index (χ2v) is 7.09. The fourth-order valence-corrected chi connectivity index (χ4v) is 3.19. The maximum Gasteiger partial charge on any atom is 0.344 e. The second kappa shape index (κ2) is 10.4. The van der Waals surface area contributed by atoms with Crippen LogP contribution in [0.4, 0.5) is 5.69 Å². The van der Waals surface area contributed by atoms with Crippen molar-refractivity contribution in [2.75, 3.05) is 24.6 Å². The SMILES string of the molecule is CC(OC(=O)COc1ccc(N2CCCC2=O)cc1)C(=O)NCCc1ccccc1. The molecule has 158 valence electrons. The van der Waals surface area contributed by atoms with E-state index in [0.717, 1.165) is 24.2 Å². The van der Waals surface area contributed by atoms with E-state index in [-0.39, 0.29) is 18.4 Å². The zero-order valence-corrected chi connectivity index (χ0v) is 17.0. The van der Waals surface area contributed by atoms with Crippen LogP contribution in [0.25, 0.3) is 0 Å². The summed E-state index contributed by atoms with van der Waals surface area (Å²) in [7, 11) is 0. The number of anilines is 1. The Balaban J connectivity index is 1.37. The van der Waals surface area contributed by atoms with Crippen molar-refractivity contribution in [2.45, 2.75) is 32.3 Å². The highest BCUT2D eigenvalue weighted by atomic mass is 16.6. The van der Waals surface area contributed by atoms with Gasteiger partial charge in [0.2, 0.25) is 5.91 Å². The average molecular weight is 410 g/mol. The fraction of sp³-hybridized carbons (Fsp3) is 0.348. The molecule has 0 saturated carbocycles. The van der Waals surface area contributed by atoms with Crippen molar-refractivity contribution in [1.82, 2.24) is 5.32 Å². The molecule has 0 spiro atoms.